The van der Waals surface area contributed by atoms with Gasteiger partial charge in [-0.25, -0.2) is 8.42 Å². The SMILES string of the molecule is CCc1cc(NS(=O)(=O)c2cn[nH]c2C)n[nH]1. The largest absolute Gasteiger partial charge is 0.281 e. The molecule has 2 aromatic heterocycles. The Morgan fingerprint density at radius 2 is 2.18 bits per heavy atom. The average Bonchev–Trinajstić information content (AvgIpc) is 2.86. The first-order valence-corrected chi connectivity index (χ1v) is 6.58. The summed E-state index contributed by atoms with van der Waals surface area (Å²) in [4.78, 5) is 0.124. The van der Waals surface area contributed by atoms with Gasteiger partial charge in [-0.3, -0.25) is 14.9 Å². The number of aryl methyl sites for hydroxylation is 2. The molecular weight excluding hydrogens is 242 g/mol. The van der Waals surface area contributed by atoms with E-state index in [1.165, 1.54) is 6.20 Å². The van der Waals surface area contributed by atoms with Crippen molar-refractivity contribution in [1.29, 1.82) is 0 Å². The number of anilines is 1. The fourth-order valence-corrected chi connectivity index (χ4v) is 2.53. The molecule has 2 heterocycles. The van der Waals surface area contributed by atoms with Gasteiger partial charge in [-0.1, -0.05) is 6.92 Å². The van der Waals surface area contributed by atoms with Gasteiger partial charge in [0.25, 0.3) is 10.0 Å². The summed E-state index contributed by atoms with van der Waals surface area (Å²) < 4.78 is 26.3. The molecule has 7 nitrogen and oxygen atoms in total. The molecule has 0 spiro atoms. The van der Waals surface area contributed by atoms with Crippen LogP contribution >= 0.6 is 0 Å². The van der Waals surface area contributed by atoms with E-state index < -0.39 is 10.0 Å². The fraction of sp³-hybridized carbons (Fsp3) is 0.333. The van der Waals surface area contributed by atoms with Crippen LogP contribution in [0, 0.1) is 6.92 Å². The Morgan fingerprint density at radius 3 is 2.71 bits per heavy atom. The van der Waals surface area contributed by atoms with Crippen molar-refractivity contribution in [2.24, 2.45) is 0 Å². The van der Waals surface area contributed by atoms with E-state index in [0.717, 1.165) is 12.1 Å². The molecule has 0 saturated carbocycles. The number of aromatic nitrogens is 4. The normalized spacial score (nSPS) is 11.6. The smallest absolute Gasteiger partial charge is 0.266 e. The van der Waals surface area contributed by atoms with Crippen molar-refractivity contribution in [3.8, 4) is 0 Å². The first-order chi connectivity index (χ1) is 8.03. The maximum absolute atomic E-state index is 12.0. The van der Waals surface area contributed by atoms with Gasteiger partial charge in [0.2, 0.25) is 0 Å². The van der Waals surface area contributed by atoms with E-state index in [9.17, 15) is 8.42 Å². The summed E-state index contributed by atoms with van der Waals surface area (Å²) in [7, 11) is -3.62. The van der Waals surface area contributed by atoms with Gasteiger partial charge in [-0.15, -0.1) is 0 Å². The monoisotopic (exact) mass is 255 g/mol. The van der Waals surface area contributed by atoms with Gasteiger partial charge in [0, 0.05) is 11.8 Å². The van der Waals surface area contributed by atoms with Crippen LogP contribution in [-0.2, 0) is 16.4 Å². The van der Waals surface area contributed by atoms with Gasteiger partial charge in [0.15, 0.2) is 5.82 Å². The minimum atomic E-state index is -3.62. The van der Waals surface area contributed by atoms with E-state index in [1.54, 1.807) is 13.0 Å². The molecule has 0 atom stereocenters. The van der Waals surface area contributed by atoms with E-state index in [-0.39, 0.29) is 10.7 Å². The van der Waals surface area contributed by atoms with Crippen LogP contribution in [0.3, 0.4) is 0 Å². The number of nitrogens with zero attached hydrogens (tertiary/aromatic N) is 2. The predicted molar refractivity (Wildman–Crippen MR) is 62.1 cm³/mol. The number of aromatic amines is 2. The summed E-state index contributed by atoms with van der Waals surface area (Å²) in [5.41, 5.74) is 1.36. The maximum atomic E-state index is 12.0. The number of hydrogen-bond acceptors (Lipinski definition) is 4. The molecule has 0 aromatic carbocycles. The summed E-state index contributed by atoms with van der Waals surface area (Å²) in [6.45, 7) is 3.59. The first kappa shape index (κ1) is 11.6. The van der Waals surface area contributed by atoms with E-state index in [2.05, 4.69) is 25.1 Å². The second-order valence-corrected chi connectivity index (χ2v) is 5.25. The molecule has 0 aliphatic rings. The average molecular weight is 255 g/mol. The molecule has 0 unspecified atom stereocenters. The van der Waals surface area contributed by atoms with Gasteiger partial charge >= 0.3 is 0 Å². The second-order valence-electron chi connectivity index (χ2n) is 3.60. The van der Waals surface area contributed by atoms with E-state index >= 15 is 0 Å². The van der Waals surface area contributed by atoms with Crippen LogP contribution in [0.2, 0.25) is 0 Å². The van der Waals surface area contributed by atoms with Crippen molar-refractivity contribution in [3.05, 3.63) is 23.7 Å². The van der Waals surface area contributed by atoms with E-state index in [0.29, 0.717) is 5.69 Å². The van der Waals surface area contributed by atoms with Gasteiger partial charge in [-0.05, 0) is 13.3 Å². The van der Waals surface area contributed by atoms with Crippen molar-refractivity contribution in [3.63, 3.8) is 0 Å². The van der Waals surface area contributed by atoms with Gasteiger partial charge in [0.05, 0.1) is 11.9 Å². The van der Waals surface area contributed by atoms with Crippen LogP contribution in [0.25, 0.3) is 0 Å². The van der Waals surface area contributed by atoms with Crippen molar-refractivity contribution in [2.75, 3.05) is 4.72 Å². The van der Waals surface area contributed by atoms with Crippen molar-refractivity contribution < 1.29 is 8.42 Å². The highest BCUT2D eigenvalue weighted by molar-refractivity contribution is 7.92. The van der Waals surface area contributed by atoms with Gasteiger partial charge < -0.3 is 0 Å². The third-order valence-electron chi connectivity index (χ3n) is 2.32. The first-order valence-electron chi connectivity index (χ1n) is 5.10. The van der Waals surface area contributed by atoms with Crippen LogP contribution < -0.4 is 4.72 Å². The number of sulfonamides is 1. The van der Waals surface area contributed by atoms with Crippen LogP contribution in [0.5, 0.6) is 0 Å². The highest BCUT2D eigenvalue weighted by Gasteiger charge is 2.19. The molecule has 2 rings (SSSR count). The Kier molecular flexibility index (Phi) is 2.88. The maximum Gasteiger partial charge on any atom is 0.266 e. The summed E-state index contributed by atoms with van der Waals surface area (Å²) in [5, 5.41) is 12.9. The summed E-state index contributed by atoms with van der Waals surface area (Å²) >= 11 is 0. The van der Waals surface area contributed by atoms with Crippen molar-refractivity contribution in [2.45, 2.75) is 25.2 Å². The Bertz CT molecular complexity index is 613. The molecule has 0 bridgehead atoms. The Balaban J connectivity index is 2.26. The highest BCUT2D eigenvalue weighted by Crippen LogP contribution is 2.16. The minimum absolute atomic E-state index is 0.124. The summed E-state index contributed by atoms with van der Waals surface area (Å²) in [6, 6.07) is 1.66. The lowest BCUT2D eigenvalue weighted by molar-refractivity contribution is 0.600. The summed E-state index contributed by atoms with van der Waals surface area (Å²) in [5.74, 6) is 0.280. The molecule has 3 N–H and O–H groups in total. The van der Waals surface area contributed by atoms with E-state index in [1.807, 2.05) is 6.92 Å². The molecule has 2 aromatic rings. The molecule has 0 fully saturated rings. The third kappa shape index (κ3) is 2.31. The lowest BCUT2D eigenvalue weighted by atomic mass is 10.3. The standard InChI is InChI=1S/C9H13N5O2S/c1-3-7-4-9(13-12-7)14-17(15,16)8-5-10-11-6(8)2/h4-5H,3H2,1-2H3,(H,10,11)(H2,12,13,14). The number of hydrogen-bond donors (Lipinski definition) is 3. The number of H-pyrrole nitrogens is 2. The van der Waals surface area contributed by atoms with Crippen LogP contribution in [-0.4, -0.2) is 28.8 Å². The van der Waals surface area contributed by atoms with Gasteiger partial charge in [-0.2, -0.15) is 10.2 Å². The molecule has 8 heteroatoms. The van der Waals surface area contributed by atoms with E-state index in [4.69, 9.17) is 0 Å². The molecule has 92 valence electrons. The lowest BCUT2D eigenvalue weighted by Crippen LogP contribution is -2.13. The molecule has 0 saturated heterocycles. The molecule has 0 radical (unpaired) electrons. The van der Waals surface area contributed by atoms with Gasteiger partial charge in [0.1, 0.15) is 4.90 Å². The zero-order valence-electron chi connectivity index (χ0n) is 9.48. The quantitative estimate of drug-likeness (QED) is 0.751. The van der Waals surface area contributed by atoms with Crippen molar-refractivity contribution >= 4 is 15.8 Å². The minimum Gasteiger partial charge on any atom is -0.281 e. The molecular formula is C9H13N5O2S. The molecule has 0 aliphatic heterocycles. The second kappa shape index (κ2) is 4.21. The number of rotatable bonds is 4. The molecule has 0 aliphatic carbocycles. The zero-order valence-corrected chi connectivity index (χ0v) is 10.3. The number of nitrogens with one attached hydrogen (secondary N) is 3. The Labute approximate surface area is 98.7 Å². The third-order valence-corrected chi connectivity index (χ3v) is 3.79. The predicted octanol–water partition coefficient (Wildman–Crippen LogP) is 0.804. The molecule has 17 heavy (non-hydrogen) atoms. The van der Waals surface area contributed by atoms with Crippen LogP contribution in [0.1, 0.15) is 18.3 Å². The molecule has 0 amide bonds. The van der Waals surface area contributed by atoms with Crippen molar-refractivity contribution in [1.82, 2.24) is 20.4 Å². The fourth-order valence-electron chi connectivity index (χ4n) is 1.40. The topological polar surface area (TPSA) is 104 Å². The lowest BCUT2D eigenvalue weighted by Gasteiger charge is -2.02. The zero-order chi connectivity index (χ0) is 12.5. The Morgan fingerprint density at radius 1 is 1.41 bits per heavy atom. The van der Waals surface area contributed by atoms with Crippen LogP contribution in [0.4, 0.5) is 5.82 Å². The Hall–Kier alpha value is -1.83. The van der Waals surface area contributed by atoms with Crippen LogP contribution in [0.15, 0.2) is 17.2 Å². The summed E-state index contributed by atoms with van der Waals surface area (Å²) in [6.07, 6.45) is 2.03. The highest BCUT2D eigenvalue weighted by atomic mass is 32.2.